The summed E-state index contributed by atoms with van der Waals surface area (Å²) in [6.07, 6.45) is 3.50. The van der Waals surface area contributed by atoms with E-state index >= 15 is 0 Å². The number of benzene rings is 1. The lowest BCUT2D eigenvalue weighted by atomic mass is 10.1. The van der Waals surface area contributed by atoms with Crippen LogP contribution in [0.4, 0.5) is 0 Å². The van der Waals surface area contributed by atoms with E-state index < -0.39 is 0 Å². The summed E-state index contributed by atoms with van der Waals surface area (Å²) < 4.78 is 10.4. The lowest BCUT2D eigenvalue weighted by Gasteiger charge is -2.05. The fourth-order valence-corrected chi connectivity index (χ4v) is 1.44. The highest BCUT2D eigenvalue weighted by atomic mass is 16.7. The van der Waals surface area contributed by atoms with E-state index in [0.717, 1.165) is 16.3 Å². The third-order valence-electron chi connectivity index (χ3n) is 2.25. The van der Waals surface area contributed by atoms with Crippen LogP contribution in [0.5, 0.6) is 0 Å². The molecule has 0 aliphatic rings. The summed E-state index contributed by atoms with van der Waals surface area (Å²) in [5.74, 6) is 0. The molecular formula is C12H14N2O2. The van der Waals surface area contributed by atoms with Crippen LogP contribution in [0.25, 0.3) is 10.8 Å². The van der Waals surface area contributed by atoms with Gasteiger partial charge in [-0.05, 0) is 18.6 Å². The van der Waals surface area contributed by atoms with Gasteiger partial charge in [-0.3, -0.25) is 0 Å². The molecule has 0 unspecified atom stereocenters. The second-order valence-corrected chi connectivity index (χ2v) is 3.41. The van der Waals surface area contributed by atoms with E-state index in [1.54, 1.807) is 12.4 Å². The highest BCUT2D eigenvalue weighted by molar-refractivity contribution is 5.81. The van der Waals surface area contributed by atoms with E-state index in [4.69, 9.17) is 9.47 Å². The third kappa shape index (κ3) is 2.74. The minimum absolute atomic E-state index is 0.336. The molecule has 4 heteroatoms. The molecule has 16 heavy (non-hydrogen) atoms. The minimum Gasteiger partial charge on any atom is -0.356 e. The number of aromatic nitrogens is 2. The van der Waals surface area contributed by atoms with Crippen LogP contribution in [0.3, 0.4) is 0 Å². The predicted molar refractivity (Wildman–Crippen MR) is 60.8 cm³/mol. The summed E-state index contributed by atoms with van der Waals surface area (Å²) in [5, 5.41) is 9.84. The Morgan fingerprint density at radius 3 is 2.69 bits per heavy atom. The van der Waals surface area contributed by atoms with Gasteiger partial charge in [0.25, 0.3) is 0 Å². The Hall–Kier alpha value is -1.52. The summed E-state index contributed by atoms with van der Waals surface area (Å²) in [6, 6.07) is 6.09. The van der Waals surface area contributed by atoms with Crippen molar-refractivity contribution in [2.75, 3.05) is 13.4 Å². The van der Waals surface area contributed by atoms with Gasteiger partial charge < -0.3 is 9.47 Å². The number of rotatable bonds is 5. The summed E-state index contributed by atoms with van der Waals surface area (Å²) in [6.45, 7) is 3.51. The molecule has 2 aromatic rings. The molecule has 0 saturated carbocycles. The maximum atomic E-state index is 5.35. The largest absolute Gasteiger partial charge is 0.356 e. The van der Waals surface area contributed by atoms with Crippen LogP contribution >= 0.6 is 0 Å². The lowest BCUT2D eigenvalue weighted by molar-refractivity contribution is -0.0571. The van der Waals surface area contributed by atoms with Crippen LogP contribution in [0.1, 0.15) is 12.5 Å². The maximum absolute atomic E-state index is 5.35. The van der Waals surface area contributed by atoms with Crippen molar-refractivity contribution in [3.8, 4) is 0 Å². The molecule has 1 heterocycles. The standard InChI is InChI=1S/C12H14N2O2/c1-2-15-9-16-8-10-3-4-11-6-13-14-7-12(11)5-10/h3-7H,2,8-9H2,1H3. The van der Waals surface area contributed by atoms with Crippen LogP contribution in [0.2, 0.25) is 0 Å². The number of hydrogen-bond acceptors (Lipinski definition) is 4. The zero-order valence-corrected chi connectivity index (χ0v) is 9.22. The van der Waals surface area contributed by atoms with Crippen molar-refractivity contribution >= 4 is 10.8 Å². The van der Waals surface area contributed by atoms with Gasteiger partial charge in [-0.15, -0.1) is 0 Å². The van der Waals surface area contributed by atoms with Crippen LogP contribution in [-0.2, 0) is 16.1 Å². The minimum atomic E-state index is 0.336. The van der Waals surface area contributed by atoms with Crippen molar-refractivity contribution in [2.45, 2.75) is 13.5 Å². The average molecular weight is 218 g/mol. The van der Waals surface area contributed by atoms with Crippen molar-refractivity contribution in [3.05, 3.63) is 36.2 Å². The number of fused-ring (bicyclic) bond motifs is 1. The second-order valence-electron chi connectivity index (χ2n) is 3.41. The quantitative estimate of drug-likeness (QED) is 0.569. The summed E-state index contributed by atoms with van der Waals surface area (Å²) in [5.41, 5.74) is 1.11. The fourth-order valence-electron chi connectivity index (χ4n) is 1.44. The van der Waals surface area contributed by atoms with Crippen molar-refractivity contribution in [3.63, 3.8) is 0 Å². The van der Waals surface area contributed by atoms with Gasteiger partial charge in [0, 0.05) is 17.4 Å². The first-order chi connectivity index (χ1) is 7.90. The van der Waals surface area contributed by atoms with Gasteiger partial charge in [0.15, 0.2) is 0 Å². The molecule has 84 valence electrons. The van der Waals surface area contributed by atoms with E-state index in [1.807, 2.05) is 19.1 Å². The molecule has 0 spiro atoms. The molecule has 0 radical (unpaired) electrons. The maximum Gasteiger partial charge on any atom is 0.147 e. The van der Waals surface area contributed by atoms with E-state index in [-0.39, 0.29) is 0 Å². The van der Waals surface area contributed by atoms with Crippen molar-refractivity contribution in [2.24, 2.45) is 0 Å². The van der Waals surface area contributed by atoms with Crippen LogP contribution in [0.15, 0.2) is 30.6 Å². The number of nitrogens with zero attached hydrogens (tertiary/aromatic N) is 2. The average Bonchev–Trinajstić information content (AvgIpc) is 2.34. The summed E-state index contributed by atoms with van der Waals surface area (Å²) >= 11 is 0. The zero-order chi connectivity index (χ0) is 11.2. The second kappa shape index (κ2) is 5.53. The molecule has 0 fully saturated rings. The predicted octanol–water partition coefficient (Wildman–Crippen LogP) is 2.14. The first kappa shape index (κ1) is 11.0. The van der Waals surface area contributed by atoms with Crippen LogP contribution < -0.4 is 0 Å². The van der Waals surface area contributed by atoms with Gasteiger partial charge in [0.1, 0.15) is 6.79 Å². The Morgan fingerprint density at radius 1 is 1.06 bits per heavy atom. The molecule has 0 bridgehead atoms. The first-order valence-corrected chi connectivity index (χ1v) is 5.25. The molecule has 1 aromatic carbocycles. The lowest BCUT2D eigenvalue weighted by Crippen LogP contribution is -1.99. The molecule has 0 N–H and O–H groups in total. The van der Waals surface area contributed by atoms with Gasteiger partial charge in [-0.1, -0.05) is 12.1 Å². The Balaban J connectivity index is 2.02. The topological polar surface area (TPSA) is 44.2 Å². The van der Waals surface area contributed by atoms with Crippen molar-refractivity contribution < 1.29 is 9.47 Å². The van der Waals surface area contributed by atoms with Crippen molar-refractivity contribution in [1.29, 1.82) is 0 Å². The van der Waals surface area contributed by atoms with Gasteiger partial charge in [0.2, 0.25) is 0 Å². The highest BCUT2D eigenvalue weighted by Gasteiger charge is 1.97. The molecular weight excluding hydrogens is 204 g/mol. The van der Waals surface area contributed by atoms with Gasteiger partial charge in [-0.2, -0.15) is 10.2 Å². The third-order valence-corrected chi connectivity index (χ3v) is 2.25. The molecule has 0 atom stereocenters. The van der Waals surface area contributed by atoms with E-state index in [9.17, 15) is 0 Å². The van der Waals surface area contributed by atoms with Gasteiger partial charge in [0.05, 0.1) is 19.0 Å². The molecule has 0 saturated heterocycles. The molecule has 0 aliphatic carbocycles. The molecule has 2 rings (SSSR count). The van der Waals surface area contributed by atoms with E-state index in [0.29, 0.717) is 20.0 Å². The number of ether oxygens (including phenoxy) is 2. The van der Waals surface area contributed by atoms with Gasteiger partial charge in [-0.25, -0.2) is 0 Å². The fraction of sp³-hybridized carbons (Fsp3) is 0.333. The monoisotopic (exact) mass is 218 g/mol. The zero-order valence-electron chi connectivity index (χ0n) is 9.22. The SMILES string of the molecule is CCOCOCc1ccc2cnncc2c1. The first-order valence-electron chi connectivity index (χ1n) is 5.25. The van der Waals surface area contributed by atoms with E-state index in [2.05, 4.69) is 16.3 Å². The number of hydrogen-bond donors (Lipinski definition) is 0. The molecule has 1 aromatic heterocycles. The normalized spacial score (nSPS) is 10.8. The molecule has 0 amide bonds. The van der Waals surface area contributed by atoms with E-state index in [1.165, 1.54) is 0 Å². The molecule has 0 aliphatic heterocycles. The Morgan fingerprint density at radius 2 is 1.88 bits per heavy atom. The Bertz CT molecular complexity index is 459. The Kier molecular flexibility index (Phi) is 3.80. The van der Waals surface area contributed by atoms with Crippen LogP contribution in [0, 0.1) is 0 Å². The highest BCUT2D eigenvalue weighted by Crippen LogP contribution is 2.14. The molecule has 4 nitrogen and oxygen atoms in total. The summed E-state index contributed by atoms with van der Waals surface area (Å²) in [4.78, 5) is 0. The summed E-state index contributed by atoms with van der Waals surface area (Å²) in [7, 11) is 0. The van der Waals surface area contributed by atoms with Gasteiger partial charge >= 0.3 is 0 Å². The van der Waals surface area contributed by atoms with Crippen LogP contribution in [-0.4, -0.2) is 23.6 Å². The smallest absolute Gasteiger partial charge is 0.147 e. The Labute approximate surface area is 94.2 Å². The van der Waals surface area contributed by atoms with Crippen molar-refractivity contribution in [1.82, 2.24) is 10.2 Å².